The summed E-state index contributed by atoms with van der Waals surface area (Å²) in [5.74, 6) is 0. The molecule has 0 bridgehead atoms. The highest BCUT2D eigenvalue weighted by atomic mass is 32.2. The van der Waals surface area contributed by atoms with Gasteiger partial charge in [0.05, 0.1) is 49.9 Å². The Bertz CT molecular complexity index is 937. The molecule has 8 nitrogen and oxygen atoms in total. The third-order valence-corrected chi connectivity index (χ3v) is 5.68. The van der Waals surface area contributed by atoms with Gasteiger partial charge in [0.15, 0.2) is 0 Å². The quantitative estimate of drug-likeness (QED) is 0.0995. The van der Waals surface area contributed by atoms with Crippen molar-refractivity contribution in [1.82, 2.24) is 4.37 Å². The minimum atomic E-state index is 0. The Morgan fingerprint density at radius 3 is 1.64 bits per heavy atom. The Hall–Kier alpha value is -2.86. The maximum Gasteiger partial charge on any atom is 0.103 e. The average molecular weight is 564 g/mol. The second-order valence-corrected chi connectivity index (χ2v) is 8.30. The summed E-state index contributed by atoms with van der Waals surface area (Å²) in [7, 11) is 0. The van der Waals surface area contributed by atoms with Crippen LogP contribution in [0.2, 0.25) is 0 Å². The molecule has 1 aromatic rings. The zero-order valence-corrected chi connectivity index (χ0v) is 24.9. The maximum absolute atomic E-state index is 8.62. The van der Waals surface area contributed by atoms with Crippen LogP contribution in [0.4, 0.5) is 0 Å². The van der Waals surface area contributed by atoms with Crippen molar-refractivity contribution in [3.05, 3.63) is 22.5 Å². The normalized spacial score (nSPS) is 7.56. The van der Waals surface area contributed by atoms with Gasteiger partial charge >= 0.3 is 0 Å². The summed E-state index contributed by atoms with van der Waals surface area (Å²) in [5, 5.41) is 46.3. The van der Waals surface area contributed by atoms with E-state index in [1.807, 2.05) is 45.4 Å². The molecule has 0 aliphatic rings. The smallest absolute Gasteiger partial charge is 0.103 e. The van der Waals surface area contributed by atoms with E-state index in [4.69, 9.17) is 49.7 Å². The molecule has 195 valence electrons. The number of aromatic nitrogens is 1. The first kappa shape index (κ1) is 50.1. The predicted octanol–water partition coefficient (Wildman–Crippen LogP) is 6.76. The number of rotatable bonds is 3. The molecule has 3 radical (unpaired) electrons. The number of thioether (sulfide) groups is 2. The first-order chi connectivity index (χ1) is 16.0. The Balaban J connectivity index is -0.0000000608. The molecule has 36 heavy (non-hydrogen) atoms. The molecule has 13 heteroatoms. The summed E-state index contributed by atoms with van der Waals surface area (Å²) in [4.78, 5) is 0. The molecule has 0 aliphatic heterocycles. The fraction of sp³-hybridized carbons (Fsp3) is 0.478. The van der Waals surface area contributed by atoms with Crippen molar-refractivity contribution < 1.29 is 0 Å². The van der Waals surface area contributed by atoms with Crippen LogP contribution in [0, 0.1) is 69.0 Å². The summed E-state index contributed by atoms with van der Waals surface area (Å²) in [6.07, 6.45) is 4.04. The second kappa shape index (κ2) is 39.4. The zero-order chi connectivity index (χ0) is 28.1. The van der Waals surface area contributed by atoms with Crippen LogP contribution in [0.5, 0.6) is 0 Å². The SMILES string of the molecule is C.CC.CC#N.CC#N.CC(=N)CC#N.CSC(=S)C(C#N)=C(C)N.CSc1snc(C)c1C#N.[B]. The van der Waals surface area contributed by atoms with Gasteiger partial charge in [0, 0.05) is 33.7 Å². The fourth-order valence-corrected chi connectivity index (χ4v) is 3.15. The zero-order valence-electron chi connectivity index (χ0n) is 21.7. The molecule has 0 atom stereocenters. The molecular formula is C23H36BN8S4. The number of nitrogens with zero attached hydrogens (tertiary/aromatic N) is 6. The molecule has 0 saturated heterocycles. The largest absolute Gasteiger partial charge is 0.401 e. The molecule has 0 saturated carbocycles. The lowest BCUT2D eigenvalue weighted by Gasteiger charge is -1.97. The Morgan fingerprint density at radius 2 is 1.50 bits per heavy atom. The Labute approximate surface area is 238 Å². The van der Waals surface area contributed by atoms with Crippen LogP contribution < -0.4 is 5.73 Å². The summed E-state index contributed by atoms with van der Waals surface area (Å²) in [6.45, 7) is 12.0. The van der Waals surface area contributed by atoms with E-state index < -0.39 is 0 Å². The number of hydrogen-bond acceptors (Lipinski definition) is 12. The first-order valence-corrected chi connectivity index (χ1v) is 13.0. The van der Waals surface area contributed by atoms with Crippen molar-refractivity contribution in [2.45, 2.75) is 66.5 Å². The number of hydrogen-bond donors (Lipinski definition) is 2. The summed E-state index contributed by atoms with van der Waals surface area (Å²) < 4.78 is 5.63. The topological polar surface area (TPSA) is 182 Å². The first-order valence-electron chi connectivity index (χ1n) is 9.40. The molecule has 1 heterocycles. The molecule has 0 spiro atoms. The summed E-state index contributed by atoms with van der Waals surface area (Å²) in [6, 6.07) is 9.41. The van der Waals surface area contributed by atoms with Gasteiger partial charge in [0.25, 0.3) is 0 Å². The molecule has 0 fully saturated rings. The number of nitrogens with two attached hydrogens (primary N) is 1. The summed E-state index contributed by atoms with van der Waals surface area (Å²) >= 11 is 9.18. The molecule has 0 amide bonds. The van der Waals surface area contributed by atoms with Crippen molar-refractivity contribution >= 4 is 65.6 Å². The van der Waals surface area contributed by atoms with Gasteiger partial charge in [0.2, 0.25) is 0 Å². The van der Waals surface area contributed by atoms with Crippen LogP contribution in [-0.4, -0.2) is 35.2 Å². The monoisotopic (exact) mass is 563 g/mol. The molecule has 0 unspecified atom stereocenters. The van der Waals surface area contributed by atoms with Crippen LogP contribution in [-0.2, 0) is 0 Å². The van der Waals surface area contributed by atoms with Crippen LogP contribution in [0.1, 0.15) is 66.6 Å². The van der Waals surface area contributed by atoms with E-state index >= 15 is 0 Å². The van der Waals surface area contributed by atoms with Crippen molar-refractivity contribution in [2.24, 2.45) is 5.73 Å². The molecule has 0 aliphatic carbocycles. The van der Waals surface area contributed by atoms with E-state index in [9.17, 15) is 0 Å². The predicted molar refractivity (Wildman–Crippen MR) is 162 cm³/mol. The van der Waals surface area contributed by atoms with Crippen LogP contribution in [0.25, 0.3) is 0 Å². The maximum atomic E-state index is 8.62. The average Bonchev–Trinajstić information content (AvgIpc) is 3.16. The molecule has 1 rings (SSSR count). The van der Waals surface area contributed by atoms with E-state index in [1.165, 1.54) is 37.1 Å². The van der Waals surface area contributed by atoms with Crippen LogP contribution >= 0.6 is 47.3 Å². The van der Waals surface area contributed by atoms with Gasteiger partial charge in [-0.1, -0.05) is 33.5 Å². The fourth-order valence-electron chi connectivity index (χ4n) is 1.13. The molecule has 0 aromatic carbocycles. The van der Waals surface area contributed by atoms with Crippen molar-refractivity contribution in [3.8, 4) is 30.3 Å². The lowest BCUT2D eigenvalue weighted by molar-refractivity contribution is 1.29. The highest BCUT2D eigenvalue weighted by Gasteiger charge is 2.07. The third-order valence-electron chi connectivity index (χ3n) is 2.37. The van der Waals surface area contributed by atoms with E-state index in [1.54, 1.807) is 37.7 Å². The second-order valence-electron chi connectivity index (χ2n) is 4.97. The Kier molecular flexibility index (Phi) is 54.8. The molecule has 3 N–H and O–H groups in total. The highest BCUT2D eigenvalue weighted by molar-refractivity contribution is 8.23. The number of allylic oxidation sites excluding steroid dienone is 1. The van der Waals surface area contributed by atoms with Crippen LogP contribution in [0.3, 0.4) is 0 Å². The van der Waals surface area contributed by atoms with Gasteiger partial charge in [0.1, 0.15) is 12.1 Å². The minimum absolute atomic E-state index is 0. The Morgan fingerprint density at radius 1 is 1.08 bits per heavy atom. The van der Waals surface area contributed by atoms with Gasteiger partial charge in [-0.3, -0.25) is 0 Å². The number of nitriles is 5. The van der Waals surface area contributed by atoms with Crippen molar-refractivity contribution in [1.29, 1.82) is 31.7 Å². The van der Waals surface area contributed by atoms with Gasteiger partial charge < -0.3 is 11.1 Å². The van der Waals surface area contributed by atoms with Gasteiger partial charge in [-0.25, -0.2) is 0 Å². The van der Waals surface area contributed by atoms with Crippen molar-refractivity contribution in [3.63, 3.8) is 0 Å². The minimum Gasteiger partial charge on any atom is -0.401 e. The lowest BCUT2D eigenvalue weighted by atomic mass is 10.3. The molecule has 1 aromatic heterocycles. The van der Waals surface area contributed by atoms with Crippen molar-refractivity contribution in [2.75, 3.05) is 12.5 Å². The molecular weight excluding hydrogens is 527 g/mol. The van der Waals surface area contributed by atoms with E-state index in [0.29, 0.717) is 21.2 Å². The van der Waals surface area contributed by atoms with Gasteiger partial charge in [-0.2, -0.15) is 30.7 Å². The van der Waals surface area contributed by atoms with Crippen LogP contribution in [0.15, 0.2) is 15.5 Å². The standard InChI is InChI=1S/C6H6N2S2.C6H8N2S2.C4H6N2.2C2H3N.C2H6.CH4.B/c1-4-5(3-7)6(9-2)10-8-4;1-4(8)5(3-7)6(9)10-2;1-4(6)2-3-5;2*1-2-3;1-2;;/h1-2H3;8H2,1-2H3;6H,2H2,1H3;2*1H3;1-2H3;1H4;. The lowest BCUT2D eigenvalue weighted by Crippen LogP contribution is -2.02. The van der Waals surface area contributed by atoms with E-state index in [-0.39, 0.29) is 22.3 Å². The van der Waals surface area contributed by atoms with Gasteiger partial charge in [-0.15, -0.1) is 23.5 Å². The number of thiocarbonyl (C=S) groups is 1. The number of aryl methyl sites for hydroxylation is 1. The third kappa shape index (κ3) is 33.3. The van der Waals surface area contributed by atoms with E-state index in [2.05, 4.69) is 10.4 Å². The van der Waals surface area contributed by atoms with E-state index in [0.717, 1.165) is 15.5 Å². The number of nitrogens with one attached hydrogen (secondary N) is 1. The van der Waals surface area contributed by atoms with Gasteiger partial charge in [-0.05, 0) is 44.8 Å². The summed E-state index contributed by atoms with van der Waals surface area (Å²) in [5.41, 5.74) is 8.29. The highest BCUT2D eigenvalue weighted by Crippen LogP contribution is 2.26.